The van der Waals surface area contributed by atoms with E-state index < -0.39 is 0 Å². The van der Waals surface area contributed by atoms with E-state index >= 15 is 0 Å². The zero-order valence-corrected chi connectivity index (χ0v) is 25.6. The van der Waals surface area contributed by atoms with Crippen LogP contribution >= 0.6 is 0 Å². The zero-order valence-electron chi connectivity index (χ0n) is 23.2. The number of rotatable bonds is 3. The maximum atomic E-state index is 10.0. The SMILES string of the molecule is CC(=O)/C=C(/C)O.Cc1cc(C)c(-c2cc3nc(-c4[c-]ccc5c4oc4nc(C)ccc45)ccc3o2)c(C)c1.[Ir]. The molecule has 0 saturated heterocycles. The van der Waals surface area contributed by atoms with E-state index in [0.29, 0.717) is 5.71 Å². The molecule has 4 heterocycles. The second-order valence-corrected chi connectivity index (χ2v) is 9.86. The molecule has 0 bridgehead atoms. The second kappa shape index (κ2) is 11.6. The Labute approximate surface area is 246 Å². The minimum Gasteiger partial charge on any atom is -0.512 e. The van der Waals surface area contributed by atoms with Crippen molar-refractivity contribution < 1.29 is 38.8 Å². The molecule has 6 nitrogen and oxygen atoms in total. The number of hydrogen-bond acceptors (Lipinski definition) is 6. The van der Waals surface area contributed by atoms with Crippen LogP contribution in [0.1, 0.15) is 36.2 Å². The Bertz CT molecular complexity index is 1890. The number of carbonyl (C=O) groups is 1. The zero-order chi connectivity index (χ0) is 27.8. The van der Waals surface area contributed by atoms with Crippen LogP contribution in [0.2, 0.25) is 0 Å². The summed E-state index contributed by atoms with van der Waals surface area (Å²) in [5, 5.41) is 10.4. The first-order chi connectivity index (χ1) is 18.6. The van der Waals surface area contributed by atoms with Gasteiger partial charge in [-0.1, -0.05) is 34.7 Å². The Morgan fingerprint density at radius 1 is 0.900 bits per heavy atom. The van der Waals surface area contributed by atoms with Gasteiger partial charge in [0, 0.05) is 48.9 Å². The van der Waals surface area contributed by atoms with Crippen molar-refractivity contribution in [2.24, 2.45) is 0 Å². The van der Waals surface area contributed by atoms with Crippen molar-refractivity contribution in [3.63, 3.8) is 0 Å². The number of aliphatic hydroxyl groups excluding tert-OH is 1. The van der Waals surface area contributed by atoms with Gasteiger partial charge in [-0.05, 0) is 76.6 Å². The number of furan rings is 2. The first-order valence-electron chi connectivity index (χ1n) is 12.7. The molecule has 205 valence electrons. The first kappa shape index (κ1) is 28.9. The fraction of sp³-hybridized carbons (Fsp3) is 0.182. The van der Waals surface area contributed by atoms with Crippen LogP contribution in [-0.4, -0.2) is 20.9 Å². The van der Waals surface area contributed by atoms with Gasteiger partial charge in [0.25, 0.3) is 0 Å². The van der Waals surface area contributed by atoms with E-state index in [1.165, 1.54) is 36.6 Å². The maximum Gasteiger partial charge on any atom is 0.216 e. The van der Waals surface area contributed by atoms with Crippen LogP contribution in [0.5, 0.6) is 0 Å². The summed E-state index contributed by atoms with van der Waals surface area (Å²) in [6, 6.07) is 21.6. The van der Waals surface area contributed by atoms with Crippen LogP contribution in [-0.2, 0) is 24.9 Å². The number of nitrogens with zero attached hydrogens (tertiary/aromatic N) is 2. The third-order valence-corrected chi connectivity index (χ3v) is 6.40. The average molecular weight is 710 g/mol. The standard InChI is InChI=1S/C28H21N2O2.C5H8O2.Ir/c1-15-12-16(2)26(17(3)13-15)25-14-23-24(31-25)11-10-22(30-23)21-7-5-6-19-20-9-8-18(4)29-28(20)32-27(19)21;1-4(6)3-5(2)7;/h5-6,8-14H,1-4H3;3,6H,1-2H3;/q-1;;/b;4-3-;. The number of fused-ring (bicyclic) bond motifs is 4. The molecule has 1 radical (unpaired) electrons. The number of aromatic nitrogens is 2. The van der Waals surface area contributed by atoms with Crippen molar-refractivity contribution >= 4 is 39.0 Å². The van der Waals surface area contributed by atoms with Gasteiger partial charge in [0.05, 0.1) is 16.9 Å². The summed E-state index contributed by atoms with van der Waals surface area (Å²) >= 11 is 0. The van der Waals surface area contributed by atoms with Crippen molar-refractivity contribution in [2.45, 2.75) is 41.5 Å². The van der Waals surface area contributed by atoms with Gasteiger partial charge in [0.15, 0.2) is 11.4 Å². The Morgan fingerprint density at radius 2 is 1.62 bits per heavy atom. The van der Waals surface area contributed by atoms with Gasteiger partial charge in [-0.3, -0.25) is 9.78 Å². The summed E-state index contributed by atoms with van der Waals surface area (Å²) in [4.78, 5) is 19.5. The van der Waals surface area contributed by atoms with E-state index in [2.05, 4.69) is 50.0 Å². The molecular weight excluding hydrogens is 681 g/mol. The minimum absolute atomic E-state index is 0. The van der Waals surface area contributed by atoms with Gasteiger partial charge in [-0.2, -0.15) is 0 Å². The van der Waals surface area contributed by atoms with Gasteiger partial charge in [0.2, 0.25) is 5.71 Å². The molecule has 0 amide bonds. The molecular formula is C33H29IrN2O4-. The molecule has 40 heavy (non-hydrogen) atoms. The summed E-state index contributed by atoms with van der Waals surface area (Å²) in [6.45, 7) is 11.2. The number of aryl methyl sites for hydroxylation is 4. The van der Waals surface area contributed by atoms with Gasteiger partial charge < -0.3 is 13.9 Å². The van der Waals surface area contributed by atoms with Crippen LogP contribution in [0, 0.1) is 33.8 Å². The molecule has 6 rings (SSSR count). The third kappa shape index (κ3) is 5.76. The van der Waals surface area contributed by atoms with Crippen LogP contribution in [0.15, 0.2) is 75.3 Å². The van der Waals surface area contributed by atoms with Crippen molar-refractivity contribution in [3.8, 4) is 22.6 Å². The number of allylic oxidation sites excluding steroid dienone is 2. The van der Waals surface area contributed by atoms with E-state index in [1.54, 1.807) is 0 Å². The fourth-order valence-electron chi connectivity index (χ4n) is 4.95. The number of benzene rings is 2. The second-order valence-electron chi connectivity index (χ2n) is 9.86. The van der Waals surface area contributed by atoms with Crippen molar-refractivity contribution in [1.29, 1.82) is 0 Å². The van der Waals surface area contributed by atoms with Crippen molar-refractivity contribution in [1.82, 2.24) is 9.97 Å². The monoisotopic (exact) mass is 710 g/mol. The van der Waals surface area contributed by atoms with Crippen LogP contribution < -0.4 is 0 Å². The summed E-state index contributed by atoms with van der Waals surface area (Å²) in [6.07, 6.45) is 1.17. The number of pyridine rings is 2. The molecule has 6 aromatic rings. The van der Waals surface area contributed by atoms with Crippen LogP contribution in [0.3, 0.4) is 0 Å². The molecule has 7 heteroatoms. The molecule has 0 spiro atoms. The molecule has 0 aliphatic rings. The number of aliphatic hydroxyl groups is 1. The summed E-state index contributed by atoms with van der Waals surface area (Å²) in [5.41, 5.74) is 10.3. The van der Waals surface area contributed by atoms with E-state index in [-0.39, 0.29) is 31.6 Å². The Balaban J connectivity index is 0.000000413. The summed E-state index contributed by atoms with van der Waals surface area (Å²) in [5.74, 6) is 0.776. The van der Waals surface area contributed by atoms with Gasteiger partial charge in [-0.15, -0.1) is 18.2 Å². The molecule has 0 saturated carbocycles. The minimum atomic E-state index is -0.125. The molecule has 0 fully saturated rings. The van der Waals surface area contributed by atoms with Gasteiger partial charge >= 0.3 is 0 Å². The molecule has 0 aliphatic heterocycles. The van der Waals surface area contributed by atoms with Crippen molar-refractivity contribution in [2.75, 3.05) is 0 Å². The Hall–Kier alpha value is -4.06. The Kier molecular flexibility index (Phi) is 8.38. The Morgan fingerprint density at radius 3 is 2.27 bits per heavy atom. The topological polar surface area (TPSA) is 89.4 Å². The van der Waals surface area contributed by atoms with Gasteiger partial charge in [0.1, 0.15) is 5.76 Å². The normalized spacial score (nSPS) is 11.4. The van der Waals surface area contributed by atoms with Crippen molar-refractivity contribution in [3.05, 3.63) is 94.9 Å². The summed E-state index contributed by atoms with van der Waals surface area (Å²) < 4.78 is 12.3. The van der Waals surface area contributed by atoms with E-state index in [4.69, 9.17) is 18.9 Å². The molecule has 1 N–H and O–H groups in total. The third-order valence-electron chi connectivity index (χ3n) is 6.40. The smallest absolute Gasteiger partial charge is 0.216 e. The number of ketones is 1. The molecule has 0 aliphatic carbocycles. The molecule has 0 atom stereocenters. The quantitative estimate of drug-likeness (QED) is 0.113. The van der Waals surface area contributed by atoms with Gasteiger partial charge in [-0.25, -0.2) is 4.98 Å². The molecule has 0 unspecified atom stereocenters. The first-order valence-corrected chi connectivity index (χ1v) is 12.7. The fourth-order valence-corrected chi connectivity index (χ4v) is 4.95. The predicted molar refractivity (Wildman–Crippen MR) is 155 cm³/mol. The number of carbonyl (C=O) groups excluding carboxylic acids is 1. The predicted octanol–water partition coefficient (Wildman–Crippen LogP) is 8.52. The summed E-state index contributed by atoms with van der Waals surface area (Å²) in [7, 11) is 0. The average Bonchev–Trinajstić information content (AvgIpc) is 3.42. The van der Waals surface area contributed by atoms with Crippen LogP contribution in [0.25, 0.3) is 55.7 Å². The number of hydrogen-bond donors (Lipinski definition) is 1. The van der Waals surface area contributed by atoms with E-state index in [0.717, 1.165) is 55.7 Å². The van der Waals surface area contributed by atoms with E-state index in [1.807, 2.05) is 43.3 Å². The molecule has 4 aromatic heterocycles. The maximum absolute atomic E-state index is 10.0. The van der Waals surface area contributed by atoms with E-state index in [9.17, 15) is 4.79 Å². The van der Waals surface area contributed by atoms with Crippen LogP contribution in [0.4, 0.5) is 0 Å². The molecule has 2 aromatic carbocycles. The largest absolute Gasteiger partial charge is 0.512 e.